The number of anilines is 1. The predicted octanol–water partition coefficient (Wildman–Crippen LogP) is 5.53. The number of hydrogen-bond acceptors (Lipinski definition) is 2. The Morgan fingerprint density at radius 2 is 1.78 bits per heavy atom. The van der Waals surface area contributed by atoms with Crippen LogP contribution in [-0.2, 0) is 6.42 Å². The highest BCUT2D eigenvalue weighted by molar-refractivity contribution is 5.76. The summed E-state index contributed by atoms with van der Waals surface area (Å²) in [4.78, 5) is 0. The van der Waals surface area contributed by atoms with Gasteiger partial charge in [-0.05, 0) is 35.6 Å². The fraction of sp³-hybridized carbons (Fsp3) is 0.429. The Morgan fingerprint density at radius 1 is 1.04 bits per heavy atom. The summed E-state index contributed by atoms with van der Waals surface area (Å²) in [5.74, 6) is 1.84. The van der Waals surface area contributed by atoms with Crippen LogP contribution in [0.1, 0.15) is 37.7 Å². The average Bonchev–Trinajstić information content (AvgIpc) is 2.62. The third-order valence-electron chi connectivity index (χ3n) is 4.98. The Bertz CT molecular complexity index is 630. The Labute approximate surface area is 139 Å². The van der Waals surface area contributed by atoms with Crippen molar-refractivity contribution >= 4 is 5.69 Å². The maximum atomic E-state index is 5.84. The van der Waals surface area contributed by atoms with Crippen molar-refractivity contribution in [3.8, 4) is 16.9 Å². The Kier molecular flexibility index (Phi) is 5.22. The van der Waals surface area contributed by atoms with E-state index in [-0.39, 0.29) is 0 Å². The van der Waals surface area contributed by atoms with E-state index < -0.39 is 0 Å². The highest BCUT2D eigenvalue weighted by Crippen LogP contribution is 2.39. The molecular formula is C21H27NO. The van der Waals surface area contributed by atoms with Gasteiger partial charge < -0.3 is 10.1 Å². The van der Waals surface area contributed by atoms with Gasteiger partial charge in [-0.25, -0.2) is 0 Å². The molecule has 2 aromatic carbocycles. The number of nitrogens with one attached hydrogen (secondary N) is 1. The second-order valence-corrected chi connectivity index (χ2v) is 6.54. The van der Waals surface area contributed by atoms with Crippen molar-refractivity contribution in [1.29, 1.82) is 0 Å². The van der Waals surface area contributed by atoms with E-state index in [1.807, 2.05) is 7.05 Å². The molecule has 0 radical (unpaired) electrons. The van der Waals surface area contributed by atoms with Gasteiger partial charge >= 0.3 is 0 Å². The number of hydrogen-bond donors (Lipinski definition) is 1. The fourth-order valence-corrected chi connectivity index (χ4v) is 3.76. The van der Waals surface area contributed by atoms with Crippen LogP contribution < -0.4 is 10.1 Å². The molecule has 3 rings (SSSR count). The molecule has 1 aliphatic carbocycles. The van der Waals surface area contributed by atoms with Crippen LogP contribution >= 0.6 is 0 Å². The van der Waals surface area contributed by atoms with E-state index in [2.05, 4.69) is 47.8 Å². The van der Waals surface area contributed by atoms with Gasteiger partial charge in [-0.2, -0.15) is 0 Å². The van der Waals surface area contributed by atoms with Gasteiger partial charge in [-0.15, -0.1) is 0 Å². The molecule has 1 aliphatic rings. The molecular weight excluding hydrogens is 282 g/mol. The monoisotopic (exact) mass is 309 g/mol. The Morgan fingerprint density at radius 3 is 2.43 bits per heavy atom. The Balaban J connectivity index is 2.00. The van der Waals surface area contributed by atoms with Crippen LogP contribution in [0.4, 0.5) is 5.69 Å². The zero-order chi connectivity index (χ0) is 16.1. The van der Waals surface area contributed by atoms with Crippen LogP contribution in [0.25, 0.3) is 11.1 Å². The summed E-state index contributed by atoms with van der Waals surface area (Å²) in [5.41, 5.74) is 4.90. The molecule has 1 fully saturated rings. The number of methoxy groups -OCH3 is 1. The lowest BCUT2D eigenvalue weighted by atomic mass is 9.84. The molecule has 2 nitrogen and oxygen atoms in total. The zero-order valence-electron chi connectivity index (χ0n) is 14.3. The summed E-state index contributed by atoms with van der Waals surface area (Å²) in [6.07, 6.45) is 7.99. The van der Waals surface area contributed by atoms with Crippen LogP contribution in [0, 0.1) is 5.92 Å². The molecule has 0 amide bonds. The van der Waals surface area contributed by atoms with Crippen LogP contribution in [0.3, 0.4) is 0 Å². The predicted molar refractivity (Wildman–Crippen MR) is 98.3 cm³/mol. The van der Waals surface area contributed by atoms with Crippen molar-refractivity contribution in [2.24, 2.45) is 5.92 Å². The minimum Gasteiger partial charge on any atom is -0.496 e. The standard InChI is InChI=1S/C21H27NO/c1-22-19-14-18(13-16-9-5-3-6-10-16)21(23-2)20(15-19)17-11-7-4-8-12-17/h4,7-8,11-12,14-16,22H,3,5-6,9-10,13H2,1-2H3. The first-order valence-corrected chi connectivity index (χ1v) is 8.76. The van der Waals surface area contributed by atoms with E-state index in [1.165, 1.54) is 48.8 Å². The van der Waals surface area contributed by atoms with Crippen molar-refractivity contribution in [3.63, 3.8) is 0 Å². The maximum absolute atomic E-state index is 5.84. The van der Waals surface area contributed by atoms with E-state index in [1.54, 1.807) is 7.11 Å². The summed E-state index contributed by atoms with van der Waals surface area (Å²) in [5, 5.41) is 3.31. The molecule has 23 heavy (non-hydrogen) atoms. The SMILES string of the molecule is CNc1cc(CC2CCCCC2)c(OC)c(-c2ccccc2)c1. The van der Waals surface area contributed by atoms with Crippen molar-refractivity contribution in [2.75, 3.05) is 19.5 Å². The summed E-state index contributed by atoms with van der Waals surface area (Å²) < 4.78 is 5.84. The van der Waals surface area contributed by atoms with Gasteiger partial charge in [-0.1, -0.05) is 62.4 Å². The van der Waals surface area contributed by atoms with E-state index in [0.717, 1.165) is 23.8 Å². The van der Waals surface area contributed by atoms with Gasteiger partial charge in [0.1, 0.15) is 5.75 Å². The van der Waals surface area contributed by atoms with Crippen molar-refractivity contribution in [1.82, 2.24) is 0 Å². The molecule has 2 aromatic rings. The fourth-order valence-electron chi connectivity index (χ4n) is 3.76. The van der Waals surface area contributed by atoms with Crippen molar-refractivity contribution < 1.29 is 4.74 Å². The van der Waals surface area contributed by atoms with E-state index in [4.69, 9.17) is 4.74 Å². The average molecular weight is 309 g/mol. The molecule has 0 aromatic heterocycles. The number of benzene rings is 2. The maximum Gasteiger partial charge on any atom is 0.130 e. The second kappa shape index (κ2) is 7.54. The molecule has 0 saturated heterocycles. The number of rotatable bonds is 5. The van der Waals surface area contributed by atoms with Gasteiger partial charge in [0.2, 0.25) is 0 Å². The lowest BCUT2D eigenvalue weighted by Crippen LogP contribution is -2.10. The summed E-state index contributed by atoms with van der Waals surface area (Å²) >= 11 is 0. The first kappa shape index (κ1) is 15.9. The molecule has 0 unspecified atom stereocenters. The van der Waals surface area contributed by atoms with Gasteiger partial charge in [0.15, 0.2) is 0 Å². The van der Waals surface area contributed by atoms with E-state index >= 15 is 0 Å². The summed E-state index contributed by atoms with van der Waals surface area (Å²) in [6.45, 7) is 0. The summed E-state index contributed by atoms with van der Waals surface area (Å²) in [7, 11) is 3.78. The molecule has 122 valence electrons. The topological polar surface area (TPSA) is 21.3 Å². The van der Waals surface area contributed by atoms with Gasteiger partial charge in [0.25, 0.3) is 0 Å². The zero-order valence-corrected chi connectivity index (χ0v) is 14.3. The molecule has 1 saturated carbocycles. The first-order valence-electron chi connectivity index (χ1n) is 8.76. The number of ether oxygens (including phenoxy) is 1. The molecule has 1 N–H and O–H groups in total. The van der Waals surface area contributed by atoms with Gasteiger partial charge in [0, 0.05) is 18.3 Å². The molecule has 0 bridgehead atoms. The molecule has 0 spiro atoms. The minimum atomic E-state index is 0.799. The highest BCUT2D eigenvalue weighted by Gasteiger charge is 2.19. The molecule has 0 heterocycles. The van der Waals surface area contributed by atoms with Crippen molar-refractivity contribution in [2.45, 2.75) is 38.5 Å². The van der Waals surface area contributed by atoms with Gasteiger partial charge in [0.05, 0.1) is 7.11 Å². The first-order chi connectivity index (χ1) is 11.3. The Hall–Kier alpha value is -1.96. The summed E-state index contributed by atoms with van der Waals surface area (Å²) in [6, 6.07) is 15.0. The second-order valence-electron chi connectivity index (χ2n) is 6.54. The third kappa shape index (κ3) is 3.69. The third-order valence-corrected chi connectivity index (χ3v) is 4.98. The lowest BCUT2D eigenvalue weighted by molar-refractivity contribution is 0.348. The smallest absolute Gasteiger partial charge is 0.130 e. The lowest BCUT2D eigenvalue weighted by Gasteiger charge is -2.24. The van der Waals surface area contributed by atoms with E-state index in [9.17, 15) is 0 Å². The van der Waals surface area contributed by atoms with Crippen LogP contribution in [0.15, 0.2) is 42.5 Å². The van der Waals surface area contributed by atoms with Gasteiger partial charge in [-0.3, -0.25) is 0 Å². The van der Waals surface area contributed by atoms with Crippen LogP contribution in [0.5, 0.6) is 5.75 Å². The highest BCUT2D eigenvalue weighted by atomic mass is 16.5. The quantitative estimate of drug-likeness (QED) is 0.784. The van der Waals surface area contributed by atoms with Crippen LogP contribution in [-0.4, -0.2) is 14.2 Å². The van der Waals surface area contributed by atoms with E-state index in [0.29, 0.717) is 0 Å². The molecule has 2 heteroatoms. The molecule has 0 aliphatic heterocycles. The van der Waals surface area contributed by atoms with Crippen molar-refractivity contribution in [3.05, 3.63) is 48.0 Å². The normalized spacial score (nSPS) is 15.4. The largest absolute Gasteiger partial charge is 0.496 e. The minimum absolute atomic E-state index is 0.799. The molecule has 0 atom stereocenters. The van der Waals surface area contributed by atoms with Crippen LogP contribution in [0.2, 0.25) is 0 Å².